The fraction of sp³-hybridized carbons (Fsp3) is 0.800. The van der Waals surface area contributed by atoms with Gasteiger partial charge in [-0.05, 0) is 12.8 Å². The molecule has 1 aliphatic carbocycles. The quantitative estimate of drug-likeness (QED) is 0.640. The number of rotatable bonds is 1. The van der Waals surface area contributed by atoms with Gasteiger partial charge in [-0.3, -0.25) is 4.79 Å². The minimum atomic E-state index is 0.0264. The van der Waals surface area contributed by atoms with E-state index in [9.17, 15) is 9.59 Å². The number of nitrogens with zero attached hydrogens (tertiary/aromatic N) is 2. The van der Waals surface area contributed by atoms with Crippen LogP contribution in [0.25, 0.3) is 0 Å². The minimum absolute atomic E-state index is 0.0264. The molecule has 3 amide bonds. The van der Waals surface area contributed by atoms with E-state index >= 15 is 0 Å². The summed E-state index contributed by atoms with van der Waals surface area (Å²) in [5.74, 6) is 0.593. The van der Waals surface area contributed by atoms with E-state index in [0.29, 0.717) is 38.0 Å². The van der Waals surface area contributed by atoms with Gasteiger partial charge in [0.25, 0.3) is 0 Å². The first kappa shape index (κ1) is 9.00. The highest BCUT2D eigenvalue weighted by Crippen LogP contribution is 2.31. The molecule has 15 heavy (non-hydrogen) atoms. The maximum absolute atomic E-state index is 11.8. The molecule has 0 aromatic heterocycles. The summed E-state index contributed by atoms with van der Waals surface area (Å²) in [5, 5.41) is 2.81. The molecule has 3 aliphatic rings. The van der Waals surface area contributed by atoms with E-state index in [1.807, 2.05) is 9.80 Å². The van der Waals surface area contributed by atoms with Gasteiger partial charge >= 0.3 is 6.03 Å². The highest BCUT2D eigenvalue weighted by molar-refractivity contribution is 5.82. The van der Waals surface area contributed by atoms with Gasteiger partial charge in [0.15, 0.2) is 0 Å². The first-order valence-corrected chi connectivity index (χ1v) is 5.59. The summed E-state index contributed by atoms with van der Waals surface area (Å²) in [7, 11) is 0. The normalized spacial score (nSPS) is 30.1. The number of piperazine rings is 1. The summed E-state index contributed by atoms with van der Waals surface area (Å²) in [6, 6.07) is 0.229. The van der Waals surface area contributed by atoms with E-state index in [-0.39, 0.29) is 12.1 Å². The Morgan fingerprint density at radius 2 is 2.13 bits per heavy atom. The zero-order valence-electron chi connectivity index (χ0n) is 8.61. The summed E-state index contributed by atoms with van der Waals surface area (Å²) in [4.78, 5) is 26.9. The Bertz CT molecular complexity index is 314. The molecule has 3 rings (SSSR count). The monoisotopic (exact) mass is 209 g/mol. The lowest BCUT2D eigenvalue weighted by Crippen LogP contribution is -2.54. The molecule has 0 spiro atoms. The van der Waals surface area contributed by atoms with E-state index in [2.05, 4.69) is 5.32 Å². The molecule has 0 bridgehead atoms. The zero-order valence-corrected chi connectivity index (χ0v) is 8.61. The molecule has 5 nitrogen and oxygen atoms in total. The summed E-state index contributed by atoms with van der Waals surface area (Å²) < 4.78 is 0. The van der Waals surface area contributed by atoms with Crippen LogP contribution in [0.4, 0.5) is 4.79 Å². The van der Waals surface area contributed by atoms with E-state index in [1.165, 1.54) is 0 Å². The summed E-state index contributed by atoms with van der Waals surface area (Å²) in [6.07, 6.45) is 2.11. The van der Waals surface area contributed by atoms with Gasteiger partial charge in [-0.25, -0.2) is 4.79 Å². The average molecular weight is 209 g/mol. The van der Waals surface area contributed by atoms with Crippen LogP contribution in [-0.4, -0.2) is 54.0 Å². The van der Waals surface area contributed by atoms with Crippen molar-refractivity contribution in [1.82, 2.24) is 15.1 Å². The maximum Gasteiger partial charge on any atom is 0.317 e. The largest absolute Gasteiger partial charge is 0.339 e. The second-order valence-electron chi connectivity index (χ2n) is 4.59. The third-order valence-corrected chi connectivity index (χ3v) is 3.47. The highest BCUT2D eigenvalue weighted by atomic mass is 16.2. The Hall–Kier alpha value is -1.26. The Labute approximate surface area is 88.4 Å². The highest BCUT2D eigenvalue weighted by Gasteiger charge is 2.40. The van der Waals surface area contributed by atoms with Gasteiger partial charge in [-0.1, -0.05) is 0 Å². The molecule has 1 atom stereocenters. The predicted molar refractivity (Wildman–Crippen MR) is 53.2 cm³/mol. The second kappa shape index (κ2) is 3.12. The predicted octanol–water partition coefficient (Wildman–Crippen LogP) is -0.368. The van der Waals surface area contributed by atoms with Crippen LogP contribution in [0.3, 0.4) is 0 Å². The third kappa shape index (κ3) is 1.46. The Morgan fingerprint density at radius 1 is 1.33 bits per heavy atom. The molecule has 2 saturated heterocycles. The molecule has 1 N–H and O–H groups in total. The number of carbonyl (C=O) groups is 2. The third-order valence-electron chi connectivity index (χ3n) is 3.47. The molecular formula is C10H15N3O2. The van der Waals surface area contributed by atoms with Gasteiger partial charge in [0.2, 0.25) is 5.91 Å². The number of hydrogen-bond donors (Lipinski definition) is 1. The molecule has 0 radical (unpaired) electrons. The van der Waals surface area contributed by atoms with Crippen molar-refractivity contribution in [3.63, 3.8) is 0 Å². The smallest absolute Gasteiger partial charge is 0.317 e. The first-order chi connectivity index (χ1) is 7.25. The van der Waals surface area contributed by atoms with E-state index in [1.54, 1.807) is 0 Å². The number of nitrogens with one attached hydrogen (secondary N) is 1. The lowest BCUT2D eigenvalue weighted by Gasteiger charge is -2.36. The average Bonchev–Trinajstić information content (AvgIpc) is 3.03. The molecule has 1 unspecified atom stereocenters. The molecule has 0 aromatic carbocycles. The molecule has 3 fully saturated rings. The number of amides is 3. The Morgan fingerprint density at radius 3 is 2.87 bits per heavy atom. The van der Waals surface area contributed by atoms with Crippen molar-refractivity contribution < 1.29 is 9.59 Å². The van der Waals surface area contributed by atoms with Crippen molar-refractivity contribution in [1.29, 1.82) is 0 Å². The van der Waals surface area contributed by atoms with Gasteiger partial charge in [0, 0.05) is 32.1 Å². The molecule has 1 saturated carbocycles. The van der Waals surface area contributed by atoms with Crippen LogP contribution in [0.2, 0.25) is 0 Å². The molecule has 0 aromatic rings. The maximum atomic E-state index is 11.8. The van der Waals surface area contributed by atoms with Crippen molar-refractivity contribution in [2.75, 3.05) is 26.2 Å². The molecule has 5 heteroatoms. The minimum Gasteiger partial charge on any atom is -0.339 e. The Kier molecular flexibility index (Phi) is 1.87. The summed E-state index contributed by atoms with van der Waals surface area (Å²) in [6.45, 7) is 2.80. The standard InChI is InChI=1S/C10H15N3O2/c14-9(7-1-2-7)12-3-4-13-8(6-12)5-11-10(13)15/h7-8H,1-6H2,(H,11,15). The molecular weight excluding hydrogens is 194 g/mol. The lowest BCUT2D eigenvalue weighted by molar-refractivity contribution is -0.134. The van der Waals surface area contributed by atoms with Crippen LogP contribution in [0.15, 0.2) is 0 Å². The van der Waals surface area contributed by atoms with Crippen LogP contribution in [0.5, 0.6) is 0 Å². The van der Waals surface area contributed by atoms with E-state index < -0.39 is 0 Å². The van der Waals surface area contributed by atoms with E-state index in [4.69, 9.17) is 0 Å². The van der Waals surface area contributed by atoms with E-state index in [0.717, 1.165) is 12.8 Å². The second-order valence-corrected chi connectivity index (χ2v) is 4.59. The van der Waals surface area contributed by atoms with Crippen molar-refractivity contribution >= 4 is 11.9 Å². The van der Waals surface area contributed by atoms with Crippen LogP contribution < -0.4 is 5.32 Å². The van der Waals surface area contributed by atoms with Gasteiger partial charge in [0.05, 0.1) is 6.04 Å². The number of urea groups is 1. The lowest BCUT2D eigenvalue weighted by atomic mass is 10.2. The van der Waals surface area contributed by atoms with Crippen LogP contribution in [0, 0.1) is 5.92 Å². The van der Waals surface area contributed by atoms with Crippen LogP contribution in [-0.2, 0) is 4.79 Å². The molecule has 82 valence electrons. The number of hydrogen-bond acceptors (Lipinski definition) is 2. The molecule has 2 heterocycles. The topological polar surface area (TPSA) is 52.7 Å². The van der Waals surface area contributed by atoms with Gasteiger partial charge in [0.1, 0.15) is 0 Å². The number of carbonyl (C=O) groups excluding carboxylic acids is 2. The van der Waals surface area contributed by atoms with Gasteiger partial charge in [-0.15, -0.1) is 0 Å². The van der Waals surface area contributed by atoms with Crippen molar-refractivity contribution in [3.8, 4) is 0 Å². The number of fused-ring (bicyclic) bond motifs is 1. The Balaban J connectivity index is 1.66. The van der Waals surface area contributed by atoms with Gasteiger partial charge < -0.3 is 15.1 Å². The van der Waals surface area contributed by atoms with Gasteiger partial charge in [-0.2, -0.15) is 0 Å². The van der Waals surface area contributed by atoms with Crippen molar-refractivity contribution in [2.24, 2.45) is 5.92 Å². The van der Waals surface area contributed by atoms with Crippen molar-refractivity contribution in [2.45, 2.75) is 18.9 Å². The summed E-state index contributed by atoms with van der Waals surface area (Å²) >= 11 is 0. The summed E-state index contributed by atoms with van der Waals surface area (Å²) in [5.41, 5.74) is 0. The fourth-order valence-electron chi connectivity index (χ4n) is 2.39. The van der Waals surface area contributed by atoms with Crippen LogP contribution >= 0.6 is 0 Å². The SMILES string of the molecule is O=C(C1CC1)N1CCN2C(=O)NCC2C1. The zero-order chi connectivity index (χ0) is 10.4. The molecule has 2 aliphatic heterocycles. The van der Waals surface area contributed by atoms with Crippen LogP contribution in [0.1, 0.15) is 12.8 Å². The van der Waals surface area contributed by atoms with Crippen molar-refractivity contribution in [3.05, 3.63) is 0 Å². The fourth-order valence-corrected chi connectivity index (χ4v) is 2.39. The first-order valence-electron chi connectivity index (χ1n) is 5.59.